The van der Waals surface area contributed by atoms with Gasteiger partial charge >= 0.3 is 5.97 Å². The van der Waals surface area contributed by atoms with Crippen LogP contribution in [0.25, 0.3) is 0 Å². The maximum absolute atomic E-state index is 10.7. The van der Waals surface area contributed by atoms with Gasteiger partial charge in [0.25, 0.3) is 4.51 Å². The molecule has 0 bridgehead atoms. The molecule has 0 N–H and O–H groups in total. The molecule has 0 fully saturated rings. The van der Waals surface area contributed by atoms with Gasteiger partial charge in [0.15, 0.2) is 0 Å². The predicted molar refractivity (Wildman–Crippen MR) is 43.6 cm³/mol. The first-order valence-corrected chi connectivity index (χ1v) is 3.86. The summed E-state index contributed by atoms with van der Waals surface area (Å²) in [6, 6.07) is 0. The van der Waals surface area contributed by atoms with Gasteiger partial charge in [-0.1, -0.05) is 0 Å². The Morgan fingerprint density at radius 2 is 2.18 bits per heavy atom. The van der Waals surface area contributed by atoms with Crippen LogP contribution in [0.3, 0.4) is 0 Å². The van der Waals surface area contributed by atoms with Crippen LogP contribution in [0.5, 0.6) is 0 Å². The van der Waals surface area contributed by atoms with Crippen molar-refractivity contribution in [2.24, 2.45) is 0 Å². The third kappa shape index (κ3) is 6.03. The molecule has 0 rings (SSSR count). The van der Waals surface area contributed by atoms with E-state index in [0.29, 0.717) is 0 Å². The largest absolute Gasteiger partial charge is 0.400 e. The van der Waals surface area contributed by atoms with Gasteiger partial charge in [0.2, 0.25) is 0 Å². The number of nitrogens with zero attached hydrogens (tertiary/aromatic N) is 1. The molecule has 0 heterocycles. The van der Waals surface area contributed by atoms with Crippen LogP contribution in [0.15, 0.2) is 0 Å². The average Bonchev–Trinajstić information content (AvgIpc) is 1.85. The van der Waals surface area contributed by atoms with Gasteiger partial charge < -0.3 is 4.74 Å². The van der Waals surface area contributed by atoms with Gasteiger partial charge in [-0.25, -0.2) is 4.21 Å². The van der Waals surface area contributed by atoms with E-state index < -0.39 is 10.5 Å². The zero-order valence-corrected chi connectivity index (χ0v) is 7.74. The minimum atomic E-state index is -0.539. The molecule has 0 aromatic heterocycles. The number of hydrogen-bond donors (Lipinski definition) is 0. The number of ether oxygens (including phenoxy) is 1. The molecule has 0 radical (unpaired) electrons. The quantitative estimate of drug-likeness (QED) is 0.344. The molecule has 0 saturated carbocycles. The number of halogens is 1. The molecule has 0 aliphatic heterocycles. The number of rotatable bonds is 2. The fraction of sp³-hybridized carbons (Fsp3) is 0.600. The van der Waals surface area contributed by atoms with E-state index in [9.17, 15) is 9.00 Å². The van der Waals surface area contributed by atoms with Gasteiger partial charge in [0.1, 0.15) is 11.3 Å². The summed E-state index contributed by atoms with van der Waals surface area (Å²) in [6.07, 6.45) is 0. The summed E-state index contributed by atoms with van der Waals surface area (Å²) in [5, 5.41) is 0. The molecule has 6 heteroatoms. The van der Waals surface area contributed by atoms with Crippen LogP contribution in [-0.2, 0) is 20.8 Å². The smallest absolute Gasteiger partial charge is 0.327 e. The standard InChI is InChI=1S/C5H8ClNO3S/c1-7(2)3-4(8)10-5(6)11-9/h3H2,1-2H3. The van der Waals surface area contributed by atoms with Crippen LogP contribution in [0.1, 0.15) is 0 Å². The summed E-state index contributed by atoms with van der Waals surface area (Å²) in [4.78, 5) is 12.3. The molecule has 0 aromatic rings. The van der Waals surface area contributed by atoms with Crippen molar-refractivity contribution >= 4 is 33.3 Å². The molecule has 64 valence electrons. The van der Waals surface area contributed by atoms with E-state index in [4.69, 9.17) is 11.6 Å². The van der Waals surface area contributed by atoms with Crippen molar-refractivity contribution < 1.29 is 13.7 Å². The van der Waals surface area contributed by atoms with Crippen LogP contribution >= 0.6 is 11.6 Å². The SMILES string of the molecule is CN(C)CC(=O)OC(Cl)=S=O. The second-order valence-electron chi connectivity index (χ2n) is 2.03. The lowest BCUT2D eigenvalue weighted by Gasteiger charge is -2.06. The maximum Gasteiger partial charge on any atom is 0.327 e. The zero-order valence-electron chi connectivity index (χ0n) is 6.17. The topological polar surface area (TPSA) is 46.6 Å². The summed E-state index contributed by atoms with van der Waals surface area (Å²) in [6.45, 7) is 0.108. The predicted octanol–water partition coefficient (Wildman–Crippen LogP) is -0.370. The fourth-order valence-electron chi connectivity index (χ4n) is 0.397. The van der Waals surface area contributed by atoms with Gasteiger partial charge in [-0.05, 0) is 25.7 Å². The van der Waals surface area contributed by atoms with Crippen molar-refractivity contribution in [1.82, 2.24) is 4.90 Å². The van der Waals surface area contributed by atoms with Crippen LogP contribution < -0.4 is 0 Å². The normalized spacial score (nSPS) is 9.45. The Morgan fingerprint density at radius 1 is 1.64 bits per heavy atom. The molecule has 4 nitrogen and oxygen atoms in total. The highest BCUT2D eigenvalue weighted by Gasteiger charge is 2.06. The minimum absolute atomic E-state index is 0.0493. The summed E-state index contributed by atoms with van der Waals surface area (Å²) in [5.41, 5.74) is 0. The lowest BCUT2D eigenvalue weighted by molar-refractivity contribution is -0.135. The van der Waals surface area contributed by atoms with E-state index in [2.05, 4.69) is 4.74 Å². The van der Waals surface area contributed by atoms with E-state index >= 15 is 0 Å². The van der Waals surface area contributed by atoms with Crippen molar-refractivity contribution in [2.45, 2.75) is 0 Å². The van der Waals surface area contributed by atoms with E-state index in [1.807, 2.05) is 0 Å². The van der Waals surface area contributed by atoms with Crippen molar-refractivity contribution in [3.63, 3.8) is 0 Å². The second kappa shape index (κ2) is 5.29. The Labute approximate surface area is 73.1 Å². The van der Waals surface area contributed by atoms with Crippen LogP contribution in [0, 0.1) is 0 Å². The molecule has 0 aromatic carbocycles. The second-order valence-corrected chi connectivity index (χ2v) is 3.14. The van der Waals surface area contributed by atoms with E-state index in [1.165, 1.54) is 0 Å². The summed E-state index contributed by atoms with van der Waals surface area (Å²) < 4.78 is 13.9. The fourth-order valence-corrected chi connectivity index (χ4v) is 0.610. The van der Waals surface area contributed by atoms with Gasteiger partial charge in [-0.15, -0.1) is 0 Å². The number of carbonyl (C=O) groups excluding carboxylic acids is 1. The highest BCUT2D eigenvalue weighted by atomic mass is 35.5. The molecule has 0 amide bonds. The van der Waals surface area contributed by atoms with Gasteiger partial charge in [-0.3, -0.25) is 9.69 Å². The van der Waals surface area contributed by atoms with Crippen LogP contribution in [-0.4, -0.2) is 40.2 Å². The third-order valence-electron chi connectivity index (χ3n) is 0.705. The first-order chi connectivity index (χ1) is 5.06. The Hall–Kier alpha value is -0.390. The summed E-state index contributed by atoms with van der Waals surface area (Å²) in [7, 11) is 3.42. The lowest BCUT2D eigenvalue weighted by Crippen LogP contribution is -2.24. The Bertz CT molecular complexity index is 200. The number of hydrogen-bond acceptors (Lipinski definition) is 4. The van der Waals surface area contributed by atoms with Crippen molar-refractivity contribution in [2.75, 3.05) is 20.6 Å². The van der Waals surface area contributed by atoms with Crippen LogP contribution in [0.4, 0.5) is 0 Å². The molecular weight excluding hydrogens is 190 g/mol. The highest BCUT2D eigenvalue weighted by molar-refractivity contribution is 7.69. The maximum atomic E-state index is 10.7. The zero-order chi connectivity index (χ0) is 8.85. The van der Waals surface area contributed by atoms with Crippen molar-refractivity contribution in [3.05, 3.63) is 0 Å². The Kier molecular flexibility index (Phi) is 5.10. The molecule has 0 aliphatic carbocycles. The van der Waals surface area contributed by atoms with Gasteiger partial charge in [0, 0.05) is 0 Å². The number of carbonyl (C=O) groups is 1. The number of esters is 1. The molecule has 0 aliphatic rings. The van der Waals surface area contributed by atoms with E-state index in [-0.39, 0.29) is 17.8 Å². The lowest BCUT2D eigenvalue weighted by atomic mass is 10.6. The monoisotopic (exact) mass is 197 g/mol. The Morgan fingerprint density at radius 3 is 2.55 bits per heavy atom. The third-order valence-corrected chi connectivity index (χ3v) is 1.19. The van der Waals surface area contributed by atoms with E-state index in [1.54, 1.807) is 19.0 Å². The Balaban J connectivity index is 3.79. The minimum Gasteiger partial charge on any atom is -0.400 e. The molecular formula is C5H8ClNO3S. The summed E-state index contributed by atoms with van der Waals surface area (Å²) in [5.74, 6) is -0.539. The molecule has 0 unspecified atom stereocenters. The first-order valence-electron chi connectivity index (χ1n) is 2.74. The van der Waals surface area contributed by atoms with Crippen LogP contribution in [0.2, 0.25) is 0 Å². The molecule has 0 spiro atoms. The van der Waals surface area contributed by atoms with E-state index in [0.717, 1.165) is 0 Å². The van der Waals surface area contributed by atoms with Crippen molar-refractivity contribution in [3.8, 4) is 0 Å². The van der Waals surface area contributed by atoms with Crippen molar-refractivity contribution in [1.29, 1.82) is 0 Å². The first kappa shape index (κ1) is 10.6. The molecule has 0 saturated heterocycles. The molecule has 11 heavy (non-hydrogen) atoms. The summed E-state index contributed by atoms with van der Waals surface area (Å²) >= 11 is 5.10. The van der Waals surface area contributed by atoms with Gasteiger partial charge in [0.05, 0.1) is 6.54 Å². The average molecular weight is 198 g/mol. The van der Waals surface area contributed by atoms with Gasteiger partial charge in [-0.2, -0.15) is 0 Å². The number of likely N-dealkylation sites (N-methyl/N-ethyl adjacent to an activating group) is 1. The molecule has 0 atom stereocenters. The highest BCUT2D eigenvalue weighted by Crippen LogP contribution is 1.87.